The molecule has 3 heteroatoms. The van der Waals surface area contributed by atoms with E-state index in [-0.39, 0.29) is 6.10 Å². The zero-order valence-electron chi connectivity index (χ0n) is 12.0. The zero-order chi connectivity index (χ0) is 14.1. The lowest BCUT2D eigenvalue weighted by Gasteiger charge is -2.18. The van der Waals surface area contributed by atoms with E-state index in [1.165, 1.54) is 0 Å². The van der Waals surface area contributed by atoms with Crippen molar-refractivity contribution in [2.24, 2.45) is 5.92 Å². The lowest BCUT2D eigenvalue weighted by molar-refractivity contribution is 0.0668. The molecule has 0 aromatic heterocycles. The standard InChI is InChI=1S/C16H28O3/c1-2-3-4-5-15(18)12-16(19)11-8-13-6-9-14(17)10-7-13/h6,9-10,13,15-19H,2-5,7-8,11-12H2,1H3/t13?,15-,16?/m0/s1. The van der Waals surface area contributed by atoms with E-state index < -0.39 is 6.10 Å². The number of rotatable bonds is 9. The van der Waals surface area contributed by atoms with Gasteiger partial charge in [-0.25, -0.2) is 0 Å². The largest absolute Gasteiger partial charge is 0.508 e. The maximum atomic E-state index is 9.91. The van der Waals surface area contributed by atoms with E-state index in [1.807, 2.05) is 12.2 Å². The maximum Gasteiger partial charge on any atom is 0.111 e. The molecule has 1 aliphatic carbocycles. The van der Waals surface area contributed by atoms with Crippen molar-refractivity contribution < 1.29 is 15.3 Å². The van der Waals surface area contributed by atoms with Crippen LogP contribution in [0.3, 0.4) is 0 Å². The normalized spacial score (nSPS) is 22.1. The fourth-order valence-electron chi connectivity index (χ4n) is 2.45. The first-order chi connectivity index (χ1) is 9.11. The minimum Gasteiger partial charge on any atom is -0.508 e. The topological polar surface area (TPSA) is 60.7 Å². The molecular weight excluding hydrogens is 240 g/mol. The summed E-state index contributed by atoms with van der Waals surface area (Å²) in [6.07, 6.45) is 11.9. The summed E-state index contributed by atoms with van der Waals surface area (Å²) in [5.74, 6) is 0.742. The number of hydrogen-bond donors (Lipinski definition) is 3. The molecule has 0 radical (unpaired) electrons. The molecule has 1 aliphatic rings. The molecule has 2 unspecified atom stereocenters. The van der Waals surface area contributed by atoms with Gasteiger partial charge in [0.2, 0.25) is 0 Å². The van der Waals surface area contributed by atoms with E-state index in [4.69, 9.17) is 0 Å². The van der Waals surface area contributed by atoms with Crippen LogP contribution in [0.15, 0.2) is 24.0 Å². The van der Waals surface area contributed by atoms with Gasteiger partial charge in [-0.3, -0.25) is 0 Å². The second-order valence-corrected chi connectivity index (χ2v) is 5.60. The van der Waals surface area contributed by atoms with Gasteiger partial charge < -0.3 is 15.3 Å². The molecule has 0 fully saturated rings. The van der Waals surface area contributed by atoms with Gasteiger partial charge in [0.1, 0.15) is 5.76 Å². The molecule has 0 heterocycles. The van der Waals surface area contributed by atoms with Gasteiger partial charge in [0.15, 0.2) is 0 Å². The lowest BCUT2D eigenvalue weighted by Crippen LogP contribution is -2.18. The second kappa shape index (κ2) is 9.16. The molecule has 0 aromatic carbocycles. The van der Waals surface area contributed by atoms with Crippen molar-refractivity contribution >= 4 is 0 Å². The smallest absolute Gasteiger partial charge is 0.111 e. The minimum absolute atomic E-state index is 0.336. The fourth-order valence-corrected chi connectivity index (χ4v) is 2.45. The molecule has 0 aliphatic heterocycles. The Morgan fingerprint density at radius 3 is 2.58 bits per heavy atom. The summed E-state index contributed by atoms with van der Waals surface area (Å²) in [6, 6.07) is 0. The Morgan fingerprint density at radius 2 is 1.95 bits per heavy atom. The van der Waals surface area contributed by atoms with Crippen molar-refractivity contribution in [2.45, 2.75) is 70.5 Å². The SMILES string of the molecule is CCCCC[C@H](O)CC(O)CCC1C=CC(O)=CC1. The van der Waals surface area contributed by atoms with Crippen LogP contribution in [-0.2, 0) is 0 Å². The quantitative estimate of drug-likeness (QED) is 0.561. The van der Waals surface area contributed by atoms with Crippen LogP contribution in [-0.4, -0.2) is 27.5 Å². The van der Waals surface area contributed by atoms with Gasteiger partial charge in [-0.2, -0.15) is 0 Å². The van der Waals surface area contributed by atoms with Crippen molar-refractivity contribution in [2.75, 3.05) is 0 Å². The van der Waals surface area contributed by atoms with Crippen LogP contribution in [0, 0.1) is 5.92 Å². The molecular formula is C16H28O3. The molecule has 3 nitrogen and oxygen atoms in total. The monoisotopic (exact) mass is 268 g/mol. The van der Waals surface area contributed by atoms with Crippen molar-refractivity contribution in [3.8, 4) is 0 Å². The lowest BCUT2D eigenvalue weighted by atomic mass is 9.92. The fraction of sp³-hybridized carbons (Fsp3) is 0.750. The molecule has 1 rings (SSSR count). The molecule has 0 bridgehead atoms. The highest BCUT2D eigenvalue weighted by Gasteiger charge is 2.14. The number of unbranched alkanes of at least 4 members (excludes halogenated alkanes) is 2. The first-order valence-corrected chi connectivity index (χ1v) is 7.55. The number of hydrogen-bond acceptors (Lipinski definition) is 3. The van der Waals surface area contributed by atoms with Gasteiger partial charge in [0, 0.05) is 0 Å². The van der Waals surface area contributed by atoms with Crippen molar-refractivity contribution in [3.05, 3.63) is 24.0 Å². The molecule has 3 atom stereocenters. The van der Waals surface area contributed by atoms with Gasteiger partial charge in [-0.1, -0.05) is 32.3 Å². The molecule has 0 spiro atoms. The summed E-state index contributed by atoms with van der Waals surface area (Å²) in [6.45, 7) is 2.14. The van der Waals surface area contributed by atoms with Crippen molar-refractivity contribution in [1.82, 2.24) is 0 Å². The number of aliphatic hydroxyl groups excluding tert-OH is 3. The molecule has 0 aromatic rings. The molecule has 0 saturated heterocycles. The van der Waals surface area contributed by atoms with Gasteiger partial charge in [0.05, 0.1) is 12.2 Å². The minimum atomic E-state index is -0.412. The summed E-state index contributed by atoms with van der Waals surface area (Å²) < 4.78 is 0. The Balaban J connectivity index is 2.10. The Morgan fingerprint density at radius 1 is 1.21 bits per heavy atom. The maximum absolute atomic E-state index is 9.91. The van der Waals surface area contributed by atoms with E-state index >= 15 is 0 Å². The van der Waals surface area contributed by atoms with E-state index in [9.17, 15) is 15.3 Å². The third kappa shape index (κ3) is 7.38. The Hall–Kier alpha value is -0.800. The zero-order valence-corrected chi connectivity index (χ0v) is 12.0. The summed E-state index contributed by atoms with van der Waals surface area (Å²) in [5.41, 5.74) is 0. The van der Waals surface area contributed by atoms with Gasteiger partial charge in [-0.15, -0.1) is 0 Å². The molecule has 3 N–H and O–H groups in total. The first kappa shape index (κ1) is 16.3. The van der Waals surface area contributed by atoms with Crippen LogP contribution in [0.4, 0.5) is 0 Å². The van der Waals surface area contributed by atoms with Crippen LogP contribution >= 0.6 is 0 Å². The predicted molar refractivity (Wildman–Crippen MR) is 78.0 cm³/mol. The highest BCUT2D eigenvalue weighted by molar-refractivity contribution is 5.16. The Bertz CT molecular complexity index is 296. The molecule has 19 heavy (non-hydrogen) atoms. The van der Waals surface area contributed by atoms with E-state index in [0.29, 0.717) is 24.5 Å². The third-order valence-corrected chi connectivity index (χ3v) is 3.72. The Labute approximate surface area is 116 Å². The number of aliphatic hydroxyl groups is 3. The van der Waals surface area contributed by atoms with Crippen LogP contribution < -0.4 is 0 Å². The van der Waals surface area contributed by atoms with Gasteiger partial charge in [0.25, 0.3) is 0 Å². The van der Waals surface area contributed by atoms with E-state index in [1.54, 1.807) is 6.08 Å². The van der Waals surface area contributed by atoms with Gasteiger partial charge in [-0.05, 0) is 50.2 Å². The third-order valence-electron chi connectivity index (χ3n) is 3.72. The molecule has 110 valence electrons. The second-order valence-electron chi connectivity index (χ2n) is 5.60. The number of allylic oxidation sites excluding steroid dienone is 3. The summed E-state index contributed by atoms with van der Waals surface area (Å²) in [4.78, 5) is 0. The van der Waals surface area contributed by atoms with Crippen molar-refractivity contribution in [1.29, 1.82) is 0 Å². The van der Waals surface area contributed by atoms with E-state index in [0.717, 1.165) is 38.5 Å². The van der Waals surface area contributed by atoms with Crippen LogP contribution in [0.2, 0.25) is 0 Å². The molecule has 0 saturated carbocycles. The first-order valence-electron chi connectivity index (χ1n) is 7.55. The summed E-state index contributed by atoms with van der Waals surface area (Å²) in [7, 11) is 0. The van der Waals surface area contributed by atoms with Crippen LogP contribution in [0.1, 0.15) is 58.3 Å². The highest BCUT2D eigenvalue weighted by atomic mass is 16.3. The summed E-state index contributed by atoms with van der Waals surface area (Å²) in [5, 5.41) is 28.9. The van der Waals surface area contributed by atoms with Crippen LogP contribution in [0.5, 0.6) is 0 Å². The van der Waals surface area contributed by atoms with Crippen molar-refractivity contribution in [3.63, 3.8) is 0 Å². The Kier molecular flexibility index (Phi) is 7.84. The average molecular weight is 268 g/mol. The average Bonchev–Trinajstić information content (AvgIpc) is 2.38. The summed E-state index contributed by atoms with van der Waals surface area (Å²) >= 11 is 0. The molecule has 0 amide bonds. The van der Waals surface area contributed by atoms with Crippen LogP contribution in [0.25, 0.3) is 0 Å². The van der Waals surface area contributed by atoms with E-state index in [2.05, 4.69) is 6.92 Å². The van der Waals surface area contributed by atoms with Gasteiger partial charge >= 0.3 is 0 Å². The highest BCUT2D eigenvalue weighted by Crippen LogP contribution is 2.22. The predicted octanol–water partition coefficient (Wildman–Crippen LogP) is 3.48.